The van der Waals surface area contributed by atoms with E-state index < -0.39 is 5.97 Å². The van der Waals surface area contributed by atoms with Crippen LogP contribution in [-0.2, 0) is 9.53 Å². The van der Waals surface area contributed by atoms with Gasteiger partial charge in [0.05, 0.1) is 12.7 Å². The second-order valence-electron chi connectivity index (χ2n) is 5.96. The number of likely N-dealkylation sites (tertiary alicyclic amines) is 1. The highest BCUT2D eigenvalue weighted by molar-refractivity contribution is 5.68. The van der Waals surface area contributed by atoms with Crippen molar-refractivity contribution in [3.05, 3.63) is 29.3 Å². The number of methoxy groups -OCH3 is 1. The number of carbonyl (C=O) groups is 1. The minimum Gasteiger partial charge on any atom is -0.496 e. The van der Waals surface area contributed by atoms with E-state index in [0.29, 0.717) is 0 Å². The van der Waals surface area contributed by atoms with Gasteiger partial charge in [-0.25, -0.2) is 4.79 Å². The van der Waals surface area contributed by atoms with Gasteiger partial charge in [0.15, 0.2) is 0 Å². The van der Waals surface area contributed by atoms with Crippen LogP contribution >= 0.6 is 0 Å². The normalized spacial score (nSPS) is 18.9. The lowest BCUT2D eigenvalue weighted by atomic mass is 9.91. The minimum atomic E-state index is -0.928. The highest BCUT2D eigenvalue weighted by atomic mass is 16.5. The van der Waals surface area contributed by atoms with Crippen molar-refractivity contribution >= 4 is 5.97 Å². The van der Waals surface area contributed by atoms with Crippen molar-refractivity contribution in [3.8, 4) is 5.75 Å². The molecule has 0 aliphatic carbocycles. The number of carboxylic acids is 1. The van der Waals surface area contributed by atoms with E-state index in [4.69, 9.17) is 14.6 Å². The molecule has 1 aromatic carbocycles. The molecule has 0 radical (unpaired) electrons. The lowest BCUT2D eigenvalue weighted by Gasteiger charge is -2.50. The first-order valence-electron chi connectivity index (χ1n) is 7.09. The van der Waals surface area contributed by atoms with Crippen LogP contribution in [0.3, 0.4) is 0 Å². The molecule has 5 nitrogen and oxygen atoms in total. The maximum Gasteiger partial charge on any atom is 0.329 e. The van der Waals surface area contributed by atoms with Gasteiger partial charge in [-0.15, -0.1) is 0 Å². The van der Waals surface area contributed by atoms with Crippen molar-refractivity contribution < 1.29 is 19.4 Å². The molecular weight excluding hydrogens is 270 g/mol. The molecule has 1 saturated heterocycles. The van der Waals surface area contributed by atoms with Gasteiger partial charge in [0.2, 0.25) is 0 Å². The molecule has 0 bridgehead atoms. The van der Waals surface area contributed by atoms with E-state index in [1.165, 1.54) is 5.56 Å². The summed E-state index contributed by atoms with van der Waals surface area (Å²) in [5.41, 5.74) is 1.98. The van der Waals surface area contributed by atoms with Crippen molar-refractivity contribution in [2.75, 3.05) is 26.8 Å². The first-order valence-corrected chi connectivity index (χ1v) is 7.09. The Bertz CT molecular complexity index is 523. The Morgan fingerprint density at radius 1 is 1.48 bits per heavy atom. The summed E-state index contributed by atoms with van der Waals surface area (Å²) in [5.74, 6) is -0.0452. The summed E-state index contributed by atoms with van der Waals surface area (Å²) < 4.78 is 10.9. The second kappa shape index (κ2) is 6.03. The fraction of sp³-hybridized carbons (Fsp3) is 0.562. The molecule has 21 heavy (non-hydrogen) atoms. The van der Waals surface area contributed by atoms with Gasteiger partial charge < -0.3 is 14.6 Å². The maximum absolute atomic E-state index is 10.6. The van der Waals surface area contributed by atoms with Crippen molar-refractivity contribution in [3.63, 3.8) is 0 Å². The van der Waals surface area contributed by atoms with Crippen LogP contribution in [0.1, 0.15) is 31.0 Å². The molecule has 0 amide bonds. The Labute approximate surface area is 125 Å². The SMILES string of the molecule is COc1ccc(C)cc1C(C)N1CC(C)(OCC(=O)O)C1. The third kappa shape index (κ3) is 3.54. The number of hydrogen-bond donors (Lipinski definition) is 1. The fourth-order valence-electron chi connectivity index (χ4n) is 2.79. The van der Waals surface area contributed by atoms with E-state index in [9.17, 15) is 4.79 Å². The summed E-state index contributed by atoms with van der Waals surface area (Å²) in [7, 11) is 1.68. The predicted molar refractivity (Wildman–Crippen MR) is 79.7 cm³/mol. The fourth-order valence-corrected chi connectivity index (χ4v) is 2.79. The van der Waals surface area contributed by atoms with E-state index in [0.717, 1.165) is 24.4 Å². The molecule has 1 fully saturated rings. The molecule has 1 atom stereocenters. The Hall–Kier alpha value is -1.59. The van der Waals surface area contributed by atoms with Crippen molar-refractivity contribution in [1.82, 2.24) is 4.90 Å². The largest absolute Gasteiger partial charge is 0.496 e. The van der Waals surface area contributed by atoms with E-state index in [2.05, 4.69) is 24.8 Å². The zero-order valence-electron chi connectivity index (χ0n) is 13.0. The molecule has 5 heteroatoms. The molecule has 1 aromatic rings. The Morgan fingerprint density at radius 2 is 2.14 bits per heavy atom. The number of benzene rings is 1. The zero-order chi connectivity index (χ0) is 15.6. The Balaban J connectivity index is 2.02. The first-order chi connectivity index (χ1) is 9.84. The lowest BCUT2D eigenvalue weighted by Crippen LogP contribution is -2.62. The summed E-state index contributed by atoms with van der Waals surface area (Å²) in [5, 5.41) is 8.69. The van der Waals surface area contributed by atoms with Crippen LogP contribution < -0.4 is 4.74 Å². The van der Waals surface area contributed by atoms with E-state index >= 15 is 0 Å². The number of hydrogen-bond acceptors (Lipinski definition) is 4. The summed E-state index contributed by atoms with van der Waals surface area (Å²) in [6.07, 6.45) is 0. The van der Waals surface area contributed by atoms with Gasteiger partial charge in [-0.2, -0.15) is 0 Å². The van der Waals surface area contributed by atoms with Crippen LogP contribution in [0.4, 0.5) is 0 Å². The molecule has 1 aliphatic heterocycles. The quantitative estimate of drug-likeness (QED) is 0.871. The Kier molecular flexibility index (Phi) is 4.54. The number of aryl methyl sites for hydroxylation is 1. The number of ether oxygens (including phenoxy) is 2. The molecule has 1 heterocycles. The van der Waals surface area contributed by atoms with Gasteiger partial charge in [0.1, 0.15) is 12.4 Å². The molecule has 116 valence electrons. The third-order valence-electron chi connectivity index (χ3n) is 4.00. The summed E-state index contributed by atoms with van der Waals surface area (Å²) in [4.78, 5) is 12.9. The molecule has 0 saturated carbocycles. The van der Waals surface area contributed by atoms with Crippen molar-refractivity contribution in [1.29, 1.82) is 0 Å². The maximum atomic E-state index is 10.6. The summed E-state index contributed by atoms with van der Waals surface area (Å²) in [6, 6.07) is 6.37. The monoisotopic (exact) mass is 293 g/mol. The van der Waals surface area contributed by atoms with Crippen LogP contribution in [0.2, 0.25) is 0 Å². The van der Waals surface area contributed by atoms with Crippen molar-refractivity contribution in [2.24, 2.45) is 0 Å². The average molecular weight is 293 g/mol. The predicted octanol–water partition coefficient (Wildman–Crippen LogP) is 2.24. The van der Waals surface area contributed by atoms with Gasteiger partial charge in [-0.1, -0.05) is 17.7 Å². The van der Waals surface area contributed by atoms with Crippen LogP contribution in [0.25, 0.3) is 0 Å². The molecule has 1 aliphatic rings. The standard InChI is InChI=1S/C16H23NO4/c1-11-5-6-14(20-4)13(7-11)12(2)17-9-16(3,10-17)21-8-15(18)19/h5-7,12H,8-10H2,1-4H3,(H,18,19). The van der Waals surface area contributed by atoms with Crippen LogP contribution in [-0.4, -0.2) is 48.4 Å². The van der Waals surface area contributed by atoms with Crippen LogP contribution in [0.15, 0.2) is 18.2 Å². The molecule has 1 unspecified atom stereocenters. The molecule has 2 rings (SSSR count). The van der Waals surface area contributed by atoms with Crippen LogP contribution in [0, 0.1) is 6.92 Å². The van der Waals surface area contributed by atoms with Gasteiger partial charge in [0, 0.05) is 24.7 Å². The highest BCUT2D eigenvalue weighted by Gasteiger charge is 2.42. The molecular formula is C16H23NO4. The average Bonchev–Trinajstić information content (AvgIpc) is 2.41. The smallest absolute Gasteiger partial charge is 0.329 e. The highest BCUT2D eigenvalue weighted by Crippen LogP contribution is 2.36. The summed E-state index contributed by atoms with van der Waals surface area (Å²) >= 11 is 0. The number of aliphatic carboxylic acids is 1. The van der Waals surface area contributed by atoms with Crippen molar-refractivity contribution in [2.45, 2.75) is 32.4 Å². The zero-order valence-corrected chi connectivity index (χ0v) is 13.0. The molecule has 1 N–H and O–H groups in total. The first kappa shape index (κ1) is 15.8. The van der Waals surface area contributed by atoms with Gasteiger partial charge in [0.25, 0.3) is 0 Å². The third-order valence-corrected chi connectivity index (χ3v) is 4.00. The molecule has 0 spiro atoms. The number of carboxylic acid groups (broad SMARTS) is 1. The molecule has 0 aromatic heterocycles. The van der Waals surface area contributed by atoms with E-state index in [1.807, 2.05) is 19.1 Å². The van der Waals surface area contributed by atoms with Gasteiger partial charge in [-0.3, -0.25) is 4.90 Å². The summed E-state index contributed by atoms with van der Waals surface area (Å²) in [6.45, 7) is 7.34. The second-order valence-corrected chi connectivity index (χ2v) is 5.96. The van der Waals surface area contributed by atoms with Gasteiger partial charge >= 0.3 is 5.97 Å². The van der Waals surface area contributed by atoms with E-state index in [1.54, 1.807) is 7.11 Å². The Morgan fingerprint density at radius 3 is 2.71 bits per heavy atom. The topological polar surface area (TPSA) is 59.0 Å². The lowest BCUT2D eigenvalue weighted by molar-refractivity contribution is -0.169. The van der Waals surface area contributed by atoms with E-state index in [-0.39, 0.29) is 18.2 Å². The minimum absolute atomic E-state index is 0.210. The van der Waals surface area contributed by atoms with Crippen LogP contribution in [0.5, 0.6) is 5.75 Å². The number of nitrogens with zero attached hydrogens (tertiary/aromatic N) is 1. The number of rotatable bonds is 6. The van der Waals surface area contributed by atoms with Gasteiger partial charge in [-0.05, 0) is 26.8 Å².